The molecule has 1 unspecified atom stereocenters. The second kappa shape index (κ2) is 5.64. The predicted molar refractivity (Wildman–Crippen MR) is 83.8 cm³/mol. The van der Waals surface area contributed by atoms with Crippen molar-refractivity contribution in [3.8, 4) is 5.75 Å². The number of sulfone groups is 1. The summed E-state index contributed by atoms with van der Waals surface area (Å²) in [5.74, 6) is 0.777. The first-order valence-corrected chi connectivity index (χ1v) is 8.95. The Morgan fingerprint density at radius 1 is 1.45 bits per heavy atom. The summed E-state index contributed by atoms with van der Waals surface area (Å²) in [5.41, 5.74) is 2.05. The van der Waals surface area contributed by atoms with E-state index in [0.717, 1.165) is 11.4 Å². The molecule has 7 heteroatoms. The van der Waals surface area contributed by atoms with Gasteiger partial charge in [-0.1, -0.05) is 6.58 Å². The number of benzene rings is 1. The summed E-state index contributed by atoms with van der Waals surface area (Å²) in [6.07, 6.45) is 0.613. The lowest BCUT2D eigenvalue weighted by molar-refractivity contribution is 0.0948. The van der Waals surface area contributed by atoms with Crippen molar-refractivity contribution in [2.45, 2.75) is 6.42 Å². The zero-order valence-corrected chi connectivity index (χ0v) is 12.9. The van der Waals surface area contributed by atoms with Gasteiger partial charge in [-0.3, -0.25) is 4.79 Å². The van der Waals surface area contributed by atoms with Crippen LogP contribution in [0, 0.1) is 5.92 Å². The molecule has 1 fully saturated rings. The molecule has 0 saturated carbocycles. The third-order valence-electron chi connectivity index (χ3n) is 3.84. The molecule has 0 aliphatic carbocycles. The van der Waals surface area contributed by atoms with Crippen LogP contribution in [0.4, 0.5) is 5.69 Å². The van der Waals surface area contributed by atoms with Gasteiger partial charge >= 0.3 is 0 Å². The van der Waals surface area contributed by atoms with Crippen molar-refractivity contribution in [1.82, 2.24) is 5.32 Å². The lowest BCUT2D eigenvalue weighted by atomic mass is 10.1. The van der Waals surface area contributed by atoms with Gasteiger partial charge in [0.2, 0.25) is 0 Å². The molecule has 0 aromatic heterocycles. The molecule has 2 aliphatic rings. The zero-order valence-electron chi connectivity index (χ0n) is 12.1. The topological polar surface area (TPSA) is 84.5 Å². The normalized spacial score (nSPS) is 22.4. The standard InChI is InChI=1S/C15H18N2O4S/c1-10-8-21-14-6-12(2-3-13(14)17-10)15(18)16-7-11-4-5-22(19,20)9-11/h2-3,6,11,17H,1,4-5,7-9H2,(H,16,18). The summed E-state index contributed by atoms with van der Waals surface area (Å²) >= 11 is 0. The molecule has 1 atom stereocenters. The highest BCUT2D eigenvalue weighted by atomic mass is 32.2. The first-order valence-electron chi connectivity index (χ1n) is 7.13. The molecule has 1 amide bonds. The molecule has 1 aromatic carbocycles. The van der Waals surface area contributed by atoms with Crippen LogP contribution in [0.3, 0.4) is 0 Å². The zero-order chi connectivity index (χ0) is 15.7. The maximum absolute atomic E-state index is 12.2. The van der Waals surface area contributed by atoms with Gasteiger partial charge in [0.25, 0.3) is 5.91 Å². The van der Waals surface area contributed by atoms with Crippen LogP contribution in [0.25, 0.3) is 0 Å². The van der Waals surface area contributed by atoms with E-state index in [2.05, 4.69) is 17.2 Å². The molecular formula is C15H18N2O4S. The van der Waals surface area contributed by atoms with E-state index >= 15 is 0 Å². The summed E-state index contributed by atoms with van der Waals surface area (Å²) in [7, 11) is -2.91. The molecular weight excluding hydrogens is 304 g/mol. The highest BCUT2D eigenvalue weighted by Crippen LogP contribution is 2.30. The SMILES string of the molecule is C=C1COc2cc(C(=O)NCC3CCS(=O)(=O)C3)ccc2N1. The first-order chi connectivity index (χ1) is 10.4. The molecule has 22 heavy (non-hydrogen) atoms. The average Bonchev–Trinajstić information content (AvgIpc) is 2.83. The molecule has 2 heterocycles. The predicted octanol–water partition coefficient (Wildman–Crippen LogP) is 1.17. The molecule has 0 bridgehead atoms. The van der Waals surface area contributed by atoms with Crippen LogP contribution in [0.2, 0.25) is 0 Å². The van der Waals surface area contributed by atoms with Crippen molar-refractivity contribution in [1.29, 1.82) is 0 Å². The quantitative estimate of drug-likeness (QED) is 0.872. The van der Waals surface area contributed by atoms with E-state index in [1.165, 1.54) is 0 Å². The van der Waals surface area contributed by atoms with E-state index in [4.69, 9.17) is 4.74 Å². The van der Waals surface area contributed by atoms with Crippen molar-refractivity contribution >= 4 is 21.4 Å². The number of rotatable bonds is 3. The summed E-state index contributed by atoms with van der Waals surface area (Å²) in [6.45, 7) is 4.54. The Kier molecular flexibility index (Phi) is 3.82. The van der Waals surface area contributed by atoms with Gasteiger partial charge in [-0.25, -0.2) is 8.42 Å². The van der Waals surface area contributed by atoms with E-state index in [1.54, 1.807) is 18.2 Å². The molecule has 0 radical (unpaired) electrons. The van der Waals surface area contributed by atoms with Crippen LogP contribution in [0.5, 0.6) is 5.75 Å². The van der Waals surface area contributed by atoms with Crippen LogP contribution < -0.4 is 15.4 Å². The van der Waals surface area contributed by atoms with Crippen molar-refractivity contribution in [3.63, 3.8) is 0 Å². The third-order valence-corrected chi connectivity index (χ3v) is 5.67. The minimum atomic E-state index is -2.91. The number of carbonyl (C=O) groups is 1. The fraction of sp³-hybridized carbons (Fsp3) is 0.400. The number of amides is 1. The molecule has 2 N–H and O–H groups in total. The van der Waals surface area contributed by atoms with Gasteiger partial charge in [-0.05, 0) is 30.5 Å². The number of hydrogen-bond donors (Lipinski definition) is 2. The molecule has 0 spiro atoms. The Balaban J connectivity index is 1.62. The summed E-state index contributed by atoms with van der Waals surface area (Å²) in [6, 6.07) is 5.15. The van der Waals surface area contributed by atoms with Gasteiger partial charge in [0.05, 0.1) is 17.2 Å². The maximum Gasteiger partial charge on any atom is 0.251 e. The van der Waals surface area contributed by atoms with Crippen molar-refractivity contribution in [2.24, 2.45) is 5.92 Å². The third kappa shape index (κ3) is 3.24. The van der Waals surface area contributed by atoms with Crippen LogP contribution in [0.15, 0.2) is 30.5 Å². The monoisotopic (exact) mass is 322 g/mol. The number of nitrogens with one attached hydrogen (secondary N) is 2. The van der Waals surface area contributed by atoms with Gasteiger partial charge in [-0.15, -0.1) is 0 Å². The Hall–Kier alpha value is -2.02. The number of ether oxygens (including phenoxy) is 1. The van der Waals surface area contributed by atoms with Crippen molar-refractivity contribution in [3.05, 3.63) is 36.0 Å². The Labute approximate surface area is 129 Å². The molecule has 1 aromatic rings. The molecule has 3 rings (SSSR count). The number of anilines is 1. The summed E-state index contributed by atoms with van der Waals surface area (Å²) in [4.78, 5) is 12.2. The first kappa shape index (κ1) is 14.9. The second-order valence-electron chi connectivity index (χ2n) is 5.71. The minimum absolute atomic E-state index is 0.00724. The summed E-state index contributed by atoms with van der Waals surface area (Å²) in [5, 5.41) is 5.89. The number of carbonyl (C=O) groups excluding carboxylic acids is 1. The lowest BCUT2D eigenvalue weighted by Gasteiger charge is -2.21. The fourth-order valence-corrected chi connectivity index (χ4v) is 4.51. The van der Waals surface area contributed by atoms with Crippen LogP contribution >= 0.6 is 0 Å². The highest BCUT2D eigenvalue weighted by Gasteiger charge is 2.28. The van der Waals surface area contributed by atoms with E-state index in [9.17, 15) is 13.2 Å². The largest absolute Gasteiger partial charge is 0.485 e. The Morgan fingerprint density at radius 2 is 2.27 bits per heavy atom. The van der Waals surface area contributed by atoms with Gasteiger partial charge in [0, 0.05) is 17.8 Å². The fourth-order valence-electron chi connectivity index (χ4n) is 2.65. The maximum atomic E-state index is 12.2. The van der Waals surface area contributed by atoms with Gasteiger partial charge in [0.15, 0.2) is 9.84 Å². The van der Waals surface area contributed by atoms with E-state index in [1.807, 2.05) is 0 Å². The van der Waals surface area contributed by atoms with Crippen molar-refractivity contribution < 1.29 is 17.9 Å². The van der Waals surface area contributed by atoms with E-state index in [-0.39, 0.29) is 23.3 Å². The van der Waals surface area contributed by atoms with Crippen LogP contribution in [-0.2, 0) is 9.84 Å². The van der Waals surface area contributed by atoms with Gasteiger partial charge in [0.1, 0.15) is 12.4 Å². The Morgan fingerprint density at radius 3 is 3.00 bits per heavy atom. The van der Waals surface area contributed by atoms with E-state index < -0.39 is 9.84 Å². The smallest absolute Gasteiger partial charge is 0.251 e. The van der Waals surface area contributed by atoms with E-state index in [0.29, 0.717) is 30.9 Å². The van der Waals surface area contributed by atoms with Gasteiger partial charge < -0.3 is 15.4 Å². The highest BCUT2D eigenvalue weighted by molar-refractivity contribution is 7.91. The lowest BCUT2D eigenvalue weighted by Crippen LogP contribution is -2.30. The van der Waals surface area contributed by atoms with Crippen LogP contribution in [-0.4, -0.2) is 39.0 Å². The molecule has 6 nitrogen and oxygen atoms in total. The van der Waals surface area contributed by atoms with Gasteiger partial charge in [-0.2, -0.15) is 0 Å². The number of hydrogen-bond acceptors (Lipinski definition) is 5. The summed E-state index contributed by atoms with van der Waals surface area (Å²) < 4.78 is 28.3. The Bertz CT molecular complexity index is 727. The molecule has 2 aliphatic heterocycles. The van der Waals surface area contributed by atoms with Crippen molar-refractivity contribution in [2.75, 3.05) is 30.0 Å². The molecule has 118 valence electrons. The molecule has 1 saturated heterocycles. The average molecular weight is 322 g/mol. The second-order valence-corrected chi connectivity index (χ2v) is 7.94. The number of fused-ring (bicyclic) bond motifs is 1. The van der Waals surface area contributed by atoms with Crippen LogP contribution in [0.1, 0.15) is 16.8 Å². The minimum Gasteiger partial charge on any atom is -0.485 e.